The Balaban J connectivity index is 1.01. The lowest BCUT2D eigenvalue weighted by atomic mass is 9.63. The first-order chi connectivity index (χ1) is 70.5. The highest BCUT2D eigenvalue weighted by Gasteiger charge is 2.42. The van der Waals surface area contributed by atoms with Crippen molar-refractivity contribution >= 4 is 34.1 Å². The summed E-state index contributed by atoms with van der Waals surface area (Å²) in [5, 5.41) is 57.0. The fraction of sp³-hybridized carbons (Fsp3) is 0.542. The van der Waals surface area contributed by atoms with Crippen molar-refractivity contribution < 1.29 is 58.3 Å². The summed E-state index contributed by atoms with van der Waals surface area (Å²) in [4.78, 5) is 4.37. The monoisotopic (exact) mass is 1980 g/mol. The van der Waals surface area contributed by atoms with Gasteiger partial charge in [0.05, 0.1) is 75.1 Å². The van der Waals surface area contributed by atoms with Gasteiger partial charge in [-0.1, -0.05) is 319 Å². The van der Waals surface area contributed by atoms with Crippen LogP contribution in [0.1, 0.15) is 355 Å². The van der Waals surface area contributed by atoms with E-state index in [1.165, 1.54) is 0 Å². The summed E-state index contributed by atoms with van der Waals surface area (Å²) in [6, 6.07) is 61.9. The number of benzene rings is 10. The predicted octanol–water partition coefficient (Wildman–Crippen LogP) is 35.6. The van der Waals surface area contributed by atoms with Gasteiger partial charge in [-0.25, -0.2) is 0 Å². The molecule has 0 spiro atoms. The van der Waals surface area contributed by atoms with Gasteiger partial charge >= 0.3 is 0 Å². The van der Waals surface area contributed by atoms with Gasteiger partial charge in [-0.05, 0) is 303 Å². The Bertz CT molecular complexity index is 5270. The van der Waals surface area contributed by atoms with Crippen LogP contribution in [0.4, 0.5) is 34.1 Å². The number of phenols is 2. The Labute approximate surface area is 875 Å². The van der Waals surface area contributed by atoms with E-state index in [1.807, 2.05) is 18.2 Å². The molecule has 0 saturated heterocycles. The second kappa shape index (κ2) is 59.6. The van der Waals surface area contributed by atoms with Gasteiger partial charge in [-0.3, -0.25) is 0 Å². The maximum absolute atomic E-state index is 15.6. The third-order valence-electron chi connectivity index (χ3n) is 31.2. The summed E-state index contributed by atoms with van der Waals surface area (Å²) >= 11 is 0. The fourth-order valence-electron chi connectivity index (χ4n) is 21.1. The number of ether oxygens (including phenoxy) is 8. The Kier molecular flexibility index (Phi) is 47.3. The lowest BCUT2D eigenvalue weighted by Crippen LogP contribution is -2.63. The van der Waals surface area contributed by atoms with Gasteiger partial charge in [0.2, 0.25) is 0 Å². The van der Waals surface area contributed by atoms with E-state index < -0.39 is 24.0 Å². The molecule has 10 aromatic rings. The van der Waals surface area contributed by atoms with Crippen molar-refractivity contribution in [2.24, 2.45) is 47.3 Å². The summed E-state index contributed by atoms with van der Waals surface area (Å²) in [6.45, 7) is 49.3. The Hall–Kier alpha value is -10.3. The average molecular weight is 1980 g/mol. The minimum absolute atomic E-state index is 0.165. The number of anilines is 6. The molecular formula is C131H182N2O12-2. The van der Waals surface area contributed by atoms with Crippen molar-refractivity contribution in [2.75, 3.05) is 62.7 Å². The summed E-state index contributed by atoms with van der Waals surface area (Å²) in [6.07, 6.45) is 31.0. The van der Waals surface area contributed by atoms with Crippen LogP contribution in [0.2, 0.25) is 0 Å². The van der Waals surface area contributed by atoms with E-state index in [0.29, 0.717) is 112 Å². The van der Waals surface area contributed by atoms with Crippen LogP contribution in [0.25, 0.3) is 44.5 Å². The van der Waals surface area contributed by atoms with Crippen molar-refractivity contribution in [3.8, 4) is 102 Å². The molecular weight excluding hydrogens is 1790 g/mol. The number of aryl methyl sites for hydroxylation is 4. The number of unbranched alkanes of at least 4 members (excludes halogenated alkanes) is 8. The molecule has 1 aliphatic rings. The predicted molar refractivity (Wildman–Crippen MR) is 605 cm³/mol. The topological polar surface area (TPSA) is 167 Å². The van der Waals surface area contributed by atoms with Crippen LogP contribution in [0, 0.1) is 75.0 Å². The molecule has 10 unspecified atom stereocenters. The molecule has 0 aliphatic heterocycles. The molecule has 10 aromatic carbocycles. The van der Waals surface area contributed by atoms with Crippen LogP contribution in [-0.4, -0.2) is 75.3 Å². The summed E-state index contributed by atoms with van der Waals surface area (Å²) in [5.41, 5.74) is 16.4. The van der Waals surface area contributed by atoms with Crippen molar-refractivity contribution in [3.63, 3.8) is 0 Å². The lowest BCUT2D eigenvalue weighted by Gasteiger charge is -2.61. The SMILES string of the molecule is CCCCC(C)COc1cccc(OCC(CC)CCCC)c1-c1ccc(N(c2ccc(C3C([O-])C(c4ccc(N(c5ccc(-c6c(OCC(CC)CCCC)cccc6OCC(CC)CCCC)cc5C)c5ccc(-c6c(OCC(CC)CCCC)cccc6OCC(CC)CCCC)cc5C)cc4O)C3[O-])c(O)c2)c2ccc(-c3c(OCC(CC)CCCC)cccc3OCC(CC)CCCC)cc2C)c(C)c1. The van der Waals surface area contributed by atoms with Gasteiger partial charge < -0.3 is 68.1 Å². The summed E-state index contributed by atoms with van der Waals surface area (Å²) in [7, 11) is 0. The zero-order valence-electron chi connectivity index (χ0n) is 92.7. The maximum atomic E-state index is 15.6. The Morgan fingerprint density at radius 1 is 0.255 bits per heavy atom. The lowest BCUT2D eigenvalue weighted by molar-refractivity contribution is -0.536. The van der Waals surface area contributed by atoms with Crippen LogP contribution in [0.3, 0.4) is 0 Å². The molecule has 1 aliphatic carbocycles. The van der Waals surface area contributed by atoms with Gasteiger partial charge in [0.25, 0.3) is 0 Å². The van der Waals surface area contributed by atoms with E-state index in [4.69, 9.17) is 37.9 Å². The second-order valence-electron chi connectivity index (χ2n) is 42.3. The zero-order valence-corrected chi connectivity index (χ0v) is 92.7. The van der Waals surface area contributed by atoms with Crippen LogP contribution < -0.4 is 57.9 Å². The van der Waals surface area contributed by atoms with E-state index >= 15 is 10.2 Å². The normalized spacial score (nSPS) is 15.7. The summed E-state index contributed by atoms with van der Waals surface area (Å²) in [5.74, 6) is 6.80. The van der Waals surface area contributed by atoms with E-state index in [0.717, 1.165) is 335 Å². The number of rotatable bonds is 67. The molecule has 1 fully saturated rings. The molecule has 0 amide bonds. The molecule has 0 radical (unpaired) electrons. The first-order valence-electron chi connectivity index (χ1n) is 57.1. The highest BCUT2D eigenvalue weighted by Crippen LogP contribution is 2.55. The zero-order chi connectivity index (χ0) is 104. The maximum Gasteiger partial charge on any atom is 0.130 e. The molecule has 0 heterocycles. The average Bonchev–Trinajstić information content (AvgIpc) is 0.729. The van der Waals surface area contributed by atoms with Gasteiger partial charge in [0, 0.05) is 46.3 Å². The molecule has 14 heteroatoms. The number of hydrogen-bond donors (Lipinski definition) is 2. The van der Waals surface area contributed by atoms with E-state index in [2.05, 4.69) is 288 Å². The standard InChI is InChI=1S/C131H182N2O12/c1-21-36-48-90(16)82-138-116-56-44-57-117(139-83-95(29-9)49-37-22-2)124(116)102-64-72-110(91(17)76-102)132(111-73-65-103(77-92(111)18)125-118(140-84-96(30-10)50-38-23-3)58-45-59-119(125)141-85-97(31-11)51-39-24-4)106-68-70-108(114(134)80-106)128-130(136)129(131(128)137)109-71-69-107(81-115(109)135)133(112-74-66-104(78-93(112)19)126-120(142-86-98(32-12)52-40-25-5)60-46-61-121(126)143-87-99(33-13)53-41-26-6)113-75-67-105(79-94(113)20)127-122(144-88-100(34-14)54-42-27-7)62-47-63-123(127)145-89-101(35-15)55-43-28-8/h44-47,56-81,90,95-101,128-131,134-135H,21-43,48-55,82-89H2,1-20H3/q-2. The molecule has 0 bridgehead atoms. The second-order valence-corrected chi connectivity index (χ2v) is 42.3. The molecule has 1 saturated carbocycles. The van der Waals surface area contributed by atoms with Gasteiger partial charge in [-0.15, -0.1) is 12.2 Å². The molecule has 10 atom stereocenters. The van der Waals surface area contributed by atoms with Crippen molar-refractivity contribution in [1.29, 1.82) is 0 Å². The third-order valence-corrected chi connectivity index (χ3v) is 31.2. The summed E-state index contributed by atoms with van der Waals surface area (Å²) < 4.78 is 55.7. The van der Waals surface area contributed by atoms with E-state index in [9.17, 15) is 10.2 Å². The van der Waals surface area contributed by atoms with Crippen LogP contribution in [0.5, 0.6) is 57.5 Å². The number of nitrogens with zero attached hydrogens (tertiary/aromatic N) is 2. The number of aromatic hydroxyl groups is 2. The molecule has 2 N–H and O–H groups in total. The largest absolute Gasteiger partial charge is 0.851 e. The van der Waals surface area contributed by atoms with Gasteiger partial charge in [0.1, 0.15) is 57.5 Å². The highest BCUT2D eigenvalue weighted by molar-refractivity contribution is 5.90. The minimum atomic E-state index is -1.53. The van der Waals surface area contributed by atoms with Crippen LogP contribution in [-0.2, 0) is 0 Å². The number of phenolic OH excluding ortho intramolecular Hbond substituents is 2. The Morgan fingerprint density at radius 3 is 0.641 bits per heavy atom. The number of hydrogen-bond acceptors (Lipinski definition) is 14. The molecule has 0 aromatic heterocycles. The first-order valence-corrected chi connectivity index (χ1v) is 57.1. The fourth-order valence-corrected chi connectivity index (χ4v) is 21.1. The van der Waals surface area contributed by atoms with Gasteiger partial charge in [-0.2, -0.15) is 0 Å². The third kappa shape index (κ3) is 31.0. The quantitative estimate of drug-likeness (QED) is 0.0370. The molecule has 14 nitrogen and oxygen atoms in total. The highest BCUT2D eigenvalue weighted by atomic mass is 16.5. The Morgan fingerprint density at radius 2 is 0.455 bits per heavy atom. The van der Waals surface area contributed by atoms with Crippen LogP contribution >= 0.6 is 0 Å². The van der Waals surface area contributed by atoms with Gasteiger partial charge in [0.15, 0.2) is 0 Å². The first kappa shape index (κ1) is 115. The molecule has 11 rings (SSSR count). The van der Waals surface area contributed by atoms with E-state index in [1.54, 1.807) is 24.3 Å². The van der Waals surface area contributed by atoms with Crippen molar-refractivity contribution in [1.82, 2.24) is 0 Å². The molecule has 145 heavy (non-hydrogen) atoms. The van der Waals surface area contributed by atoms with E-state index in [-0.39, 0.29) is 22.6 Å². The van der Waals surface area contributed by atoms with Crippen molar-refractivity contribution in [2.45, 2.75) is 362 Å². The molecule has 790 valence electrons. The smallest absolute Gasteiger partial charge is 0.130 e. The minimum Gasteiger partial charge on any atom is -0.851 e. The van der Waals surface area contributed by atoms with Crippen molar-refractivity contribution in [3.05, 3.63) is 215 Å². The van der Waals surface area contributed by atoms with Crippen LogP contribution in [0.15, 0.2) is 182 Å².